The summed E-state index contributed by atoms with van der Waals surface area (Å²) in [5, 5.41) is 0. The lowest BCUT2D eigenvalue weighted by Gasteiger charge is -2.30. The molecule has 0 radical (unpaired) electrons. The van der Waals surface area contributed by atoms with Gasteiger partial charge >= 0.3 is 0 Å². The van der Waals surface area contributed by atoms with Crippen molar-refractivity contribution in [1.82, 2.24) is 18.9 Å². The predicted octanol–water partition coefficient (Wildman–Crippen LogP) is 1.14. The lowest BCUT2D eigenvalue weighted by atomic mass is 9.94. The summed E-state index contributed by atoms with van der Waals surface area (Å²) in [6, 6.07) is 5.55. The molecule has 10 heteroatoms. The smallest absolute Gasteiger partial charge is 0.279 e. The maximum atomic E-state index is 12.9. The first-order valence-corrected chi connectivity index (χ1v) is 11.5. The Morgan fingerprint density at radius 2 is 2.03 bits per heavy atom. The van der Waals surface area contributed by atoms with E-state index >= 15 is 0 Å². The summed E-state index contributed by atoms with van der Waals surface area (Å²) in [6.07, 6.45) is 2.72. The van der Waals surface area contributed by atoms with Crippen molar-refractivity contribution in [3.63, 3.8) is 0 Å². The summed E-state index contributed by atoms with van der Waals surface area (Å²) in [4.78, 5) is 19.2. The Hall–Kier alpha value is -2.69. The Morgan fingerprint density at radius 3 is 2.81 bits per heavy atom. The summed E-state index contributed by atoms with van der Waals surface area (Å²) in [6.45, 7) is 3.28. The first kappa shape index (κ1) is 21.5. The molecule has 2 aliphatic heterocycles. The lowest BCUT2D eigenvalue weighted by Crippen LogP contribution is -2.39. The van der Waals surface area contributed by atoms with Crippen molar-refractivity contribution in [3.8, 4) is 11.5 Å². The van der Waals surface area contributed by atoms with Crippen molar-refractivity contribution < 1.29 is 22.7 Å². The number of nitrogens with one attached hydrogen (secondary N) is 1. The normalized spacial score (nSPS) is 15.3. The number of ether oxygens (including phenoxy) is 2. The molecule has 31 heavy (non-hydrogen) atoms. The molecule has 1 amide bonds. The van der Waals surface area contributed by atoms with Crippen molar-refractivity contribution in [3.05, 3.63) is 52.3 Å². The van der Waals surface area contributed by atoms with Crippen LogP contribution in [0, 0.1) is 6.92 Å². The van der Waals surface area contributed by atoms with E-state index in [1.807, 2.05) is 30.0 Å². The monoisotopic (exact) mass is 446 g/mol. The van der Waals surface area contributed by atoms with E-state index in [-0.39, 0.29) is 25.7 Å². The predicted molar refractivity (Wildman–Crippen MR) is 114 cm³/mol. The molecule has 3 heterocycles. The Kier molecular flexibility index (Phi) is 5.87. The minimum Gasteiger partial charge on any atom is -0.454 e. The molecule has 2 aromatic rings. The molecular formula is C21H26N4O5S. The standard InChI is InChI=1S/C21H26N4O5S/c1-14-18(11-23-31(27,28)24(2)3)17-6-7-25(12-16(17)10-22-14)21(26)9-15-4-5-19-20(8-15)30-13-29-19/h4-5,8,10,23H,6-7,9,11-13H2,1-3H3. The number of carbonyl (C=O) groups is 1. The number of aryl methyl sites for hydroxylation is 1. The van der Waals surface area contributed by atoms with E-state index < -0.39 is 10.2 Å². The fraction of sp³-hybridized carbons (Fsp3) is 0.429. The van der Waals surface area contributed by atoms with Crippen LogP contribution in [0.2, 0.25) is 0 Å². The molecule has 0 spiro atoms. The van der Waals surface area contributed by atoms with E-state index in [4.69, 9.17) is 9.47 Å². The van der Waals surface area contributed by atoms with Crippen LogP contribution in [0.1, 0.15) is 27.9 Å². The van der Waals surface area contributed by atoms with E-state index in [2.05, 4.69) is 9.71 Å². The average molecular weight is 447 g/mol. The fourth-order valence-corrected chi connectivity index (χ4v) is 4.38. The van der Waals surface area contributed by atoms with Crippen molar-refractivity contribution >= 4 is 16.1 Å². The van der Waals surface area contributed by atoms with Gasteiger partial charge < -0.3 is 14.4 Å². The van der Waals surface area contributed by atoms with Crippen LogP contribution >= 0.6 is 0 Å². The molecule has 0 fully saturated rings. The van der Waals surface area contributed by atoms with Crippen LogP contribution in [0.3, 0.4) is 0 Å². The van der Waals surface area contributed by atoms with Gasteiger partial charge in [0.25, 0.3) is 10.2 Å². The third-order valence-corrected chi connectivity index (χ3v) is 7.12. The molecule has 4 rings (SSSR count). The summed E-state index contributed by atoms with van der Waals surface area (Å²) >= 11 is 0. The van der Waals surface area contributed by atoms with Crippen molar-refractivity contribution in [2.24, 2.45) is 0 Å². The van der Waals surface area contributed by atoms with Gasteiger partial charge in [-0.05, 0) is 47.7 Å². The number of fused-ring (bicyclic) bond motifs is 2. The number of rotatable bonds is 6. The fourth-order valence-electron chi connectivity index (χ4n) is 3.80. The van der Waals surface area contributed by atoms with Gasteiger partial charge in [-0.15, -0.1) is 0 Å². The molecule has 0 atom stereocenters. The maximum absolute atomic E-state index is 12.9. The summed E-state index contributed by atoms with van der Waals surface area (Å²) in [5.74, 6) is 1.39. The van der Waals surface area contributed by atoms with Crippen LogP contribution in [0.15, 0.2) is 24.4 Å². The lowest BCUT2D eigenvalue weighted by molar-refractivity contribution is -0.131. The van der Waals surface area contributed by atoms with Gasteiger partial charge in [0.1, 0.15) is 0 Å². The van der Waals surface area contributed by atoms with Gasteiger partial charge in [0, 0.05) is 45.6 Å². The number of aromatic nitrogens is 1. The maximum Gasteiger partial charge on any atom is 0.279 e. The van der Waals surface area contributed by atoms with E-state index in [1.54, 1.807) is 6.20 Å². The average Bonchev–Trinajstić information content (AvgIpc) is 3.20. The zero-order chi connectivity index (χ0) is 22.2. The molecule has 0 saturated carbocycles. The molecular weight excluding hydrogens is 420 g/mol. The first-order valence-electron chi connectivity index (χ1n) is 10.0. The number of pyridine rings is 1. The largest absolute Gasteiger partial charge is 0.454 e. The van der Waals surface area contributed by atoms with Crippen LogP contribution in [-0.4, -0.2) is 55.9 Å². The summed E-state index contributed by atoms with van der Waals surface area (Å²) in [7, 11) is -0.564. The highest BCUT2D eigenvalue weighted by Gasteiger charge is 2.25. The van der Waals surface area contributed by atoms with Gasteiger partial charge in [-0.1, -0.05) is 6.07 Å². The van der Waals surface area contributed by atoms with Crippen LogP contribution in [0.4, 0.5) is 0 Å². The highest BCUT2D eigenvalue weighted by atomic mass is 32.2. The molecule has 2 aliphatic rings. The van der Waals surface area contributed by atoms with Crippen LogP contribution in [-0.2, 0) is 40.9 Å². The quantitative estimate of drug-likeness (QED) is 0.714. The van der Waals surface area contributed by atoms with Gasteiger partial charge in [-0.2, -0.15) is 17.4 Å². The van der Waals surface area contributed by atoms with E-state index in [9.17, 15) is 13.2 Å². The molecule has 1 aromatic carbocycles. The third kappa shape index (κ3) is 4.51. The van der Waals surface area contributed by atoms with Gasteiger partial charge in [0.2, 0.25) is 12.7 Å². The first-order chi connectivity index (χ1) is 14.7. The SMILES string of the molecule is Cc1ncc2c(c1CNS(=O)(=O)N(C)C)CCN(C(=O)Cc1ccc3c(c1)OCO3)C2. The minimum atomic E-state index is -3.53. The second-order valence-electron chi connectivity index (χ2n) is 7.86. The topological polar surface area (TPSA) is 101 Å². The van der Waals surface area contributed by atoms with Gasteiger partial charge in [0.15, 0.2) is 11.5 Å². The molecule has 0 unspecified atom stereocenters. The Balaban J connectivity index is 1.46. The van der Waals surface area contributed by atoms with Crippen molar-refractivity contribution in [2.75, 3.05) is 27.4 Å². The van der Waals surface area contributed by atoms with Crippen LogP contribution < -0.4 is 14.2 Å². The number of hydrogen-bond donors (Lipinski definition) is 1. The summed E-state index contributed by atoms with van der Waals surface area (Å²) in [5.41, 5.74) is 4.57. The second kappa shape index (κ2) is 8.45. The number of carbonyl (C=O) groups excluding carboxylic acids is 1. The third-order valence-electron chi connectivity index (χ3n) is 5.65. The Labute approximate surface area is 182 Å². The molecule has 0 bridgehead atoms. The Bertz CT molecular complexity index is 1120. The van der Waals surface area contributed by atoms with Crippen molar-refractivity contribution in [1.29, 1.82) is 0 Å². The molecule has 0 saturated heterocycles. The van der Waals surface area contributed by atoms with Crippen LogP contribution in [0.25, 0.3) is 0 Å². The molecule has 1 aromatic heterocycles. The molecule has 0 aliphatic carbocycles. The highest BCUT2D eigenvalue weighted by molar-refractivity contribution is 7.87. The van der Waals surface area contributed by atoms with Crippen molar-refractivity contribution in [2.45, 2.75) is 32.9 Å². The highest BCUT2D eigenvalue weighted by Crippen LogP contribution is 2.33. The van der Waals surface area contributed by atoms with Gasteiger partial charge in [0.05, 0.1) is 6.42 Å². The van der Waals surface area contributed by atoms with E-state index in [0.717, 1.165) is 32.3 Å². The molecule has 1 N–H and O–H groups in total. The summed E-state index contributed by atoms with van der Waals surface area (Å²) < 4.78 is 38.6. The minimum absolute atomic E-state index is 0.0277. The van der Waals surface area contributed by atoms with E-state index in [1.165, 1.54) is 14.1 Å². The number of amides is 1. The molecule has 166 valence electrons. The van der Waals surface area contributed by atoms with Crippen LogP contribution in [0.5, 0.6) is 11.5 Å². The zero-order valence-electron chi connectivity index (χ0n) is 17.8. The van der Waals surface area contributed by atoms with Gasteiger partial charge in [-0.3, -0.25) is 9.78 Å². The second-order valence-corrected chi connectivity index (χ2v) is 9.83. The Morgan fingerprint density at radius 1 is 1.26 bits per heavy atom. The van der Waals surface area contributed by atoms with Gasteiger partial charge in [-0.25, -0.2) is 0 Å². The number of nitrogens with zero attached hydrogens (tertiary/aromatic N) is 3. The molecule has 9 nitrogen and oxygen atoms in total. The van der Waals surface area contributed by atoms with E-state index in [0.29, 0.717) is 31.0 Å². The zero-order valence-corrected chi connectivity index (χ0v) is 18.7. The number of hydrogen-bond acceptors (Lipinski definition) is 6. The number of benzene rings is 1.